The number of carbonyl (C=O) groups is 1. The zero-order valence-corrected chi connectivity index (χ0v) is 17.0. The van der Waals surface area contributed by atoms with E-state index in [0.29, 0.717) is 42.6 Å². The van der Waals surface area contributed by atoms with Crippen LogP contribution in [0.5, 0.6) is 11.5 Å². The number of rotatable bonds is 7. The average Bonchev–Trinajstić information content (AvgIpc) is 2.73. The topological polar surface area (TPSA) is 60.0 Å². The maximum absolute atomic E-state index is 12.5. The molecule has 0 aliphatic carbocycles. The molecule has 0 spiro atoms. The van der Waals surface area contributed by atoms with Gasteiger partial charge in [-0.3, -0.25) is 4.79 Å². The van der Waals surface area contributed by atoms with Crippen molar-refractivity contribution in [1.82, 2.24) is 0 Å². The number of morpholine rings is 1. The first-order valence-electron chi connectivity index (χ1n) is 9.20. The lowest BCUT2D eigenvalue weighted by atomic mass is 10.2. The molecule has 0 unspecified atom stereocenters. The van der Waals surface area contributed by atoms with Crippen LogP contribution in [0.15, 0.2) is 42.5 Å². The van der Waals surface area contributed by atoms with Gasteiger partial charge in [-0.2, -0.15) is 8.78 Å². The molecule has 1 aliphatic rings. The number of ether oxygens (including phenoxy) is 3. The van der Waals surface area contributed by atoms with Crippen molar-refractivity contribution in [2.24, 2.45) is 0 Å². The van der Waals surface area contributed by atoms with Crippen molar-refractivity contribution < 1.29 is 27.8 Å². The summed E-state index contributed by atoms with van der Waals surface area (Å²) in [5.74, 6) is -0.302. The van der Waals surface area contributed by atoms with Crippen molar-refractivity contribution in [1.29, 1.82) is 0 Å². The summed E-state index contributed by atoms with van der Waals surface area (Å²) in [5, 5.41) is 3.34. The van der Waals surface area contributed by atoms with Crippen LogP contribution in [0, 0.1) is 0 Å². The molecule has 1 saturated heterocycles. The third kappa shape index (κ3) is 5.84. The second kappa shape index (κ2) is 10.3. The summed E-state index contributed by atoms with van der Waals surface area (Å²) in [6.07, 6.45) is 2.88. The van der Waals surface area contributed by atoms with E-state index in [1.807, 2.05) is 6.07 Å². The van der Waals surface area contributed by atoms with E-state index in [4.69, 9.17) is 21.1 Å². The molecule has 0 aromatic heterocycles. The number of hydrogen-bond acceptors (Lipinski definition) is 5. The molecule has 0 atom stereocenters. The highest BCUT2D eigenvalue weighted by molar-refractivity contribution is 6.31. The number of hydrogen-bond donors (Lipinski definition) is 1. The molecule has 30 heavy (non-hydrogen) atoms. The summed E-state index contributed by atoms with van der Waals surface area (Å²) in [7, 11) is 1.35. The molecule has 2 aromatic carbocycles. The van der Waals surface area contributed by atoms with Crippen LogP contribution in [0.25, 0.3) is 6.08 Å². The lowest BCUT2D eigenvalue weighted by Crippen LogP contribution is -2.36. The standard InChI is InChI=1S/C21H21ClF2N2O4/c1-28-19-12-14(2-6-18(19)30-21(23)24)3-7-20(27)25-16-13-15(22)4-5-17(16)26-8-10-29-11-9-26/h2-7,12-13,21H,8-11H2,1H3,(H,25,27)/b7-3+. The predicted octanol–water partition coefficient (Wildman–Crippen LogP) is 4.44. The number of amides is 1. The molecule has 1 amide bonds. The zero-order valence-electron chi connectivity index (χ0n) is 16.2. The molecule has 160 valence electrons. The second-order valence-corrected chi connectivity index (χ2v) is 6.81. The fourth-order valence-electron chi connectivity index (χ4n) is 3.02. The van der Waals surface area contributed by atoms with Crippen molar-refractivity contribution in [2.75, 3.05) is 43.6 Å². The minimum atomic E-state index is -2.95. The lowest BCUT2D eigenvalue weighted by Gasteiger charge is -2.30. The van der Waals surface area contributed by atoms with Crippen LogP contribution in [-0.4, -0.2) is 45.9 Å². The van der Waals surface area contributed by atoms with Crippen LogP contribution in [0.1, 0.15) is 5.56 Å². The predicted molar refractivity (Wildman–Crippen MR) is 112 cm³/mol. The van der Waals surface area contributed by atoms with Crippen molar-refractivity contribution in [3.63, 3.8) is 0 Å². The molecule has 1 N–H and O–H groups in total. The largest absolute Gasteiger partial charge is 0.493 e. The highest BCUT2D eigenvalue weighted by Gasteiger charge is 2.16. The van der Waals surface area contributed by atoms with Crippen molar-refractivity contribution >= 4 is 35.0 Å². The molecule has 1 heterocycles. The fourth-order valence-corrected chi connectivity index (χ4v) is 3.19. The van der Waals surface area contributed by atoms with Crippen LogP contribution in [-0.2, 0) is 9.53 Å². The van der Waals surface area contributed by atoms with Crippen LogP contribution >= 0.6 is 11.6 Å². The lowest BCUT2D eigenvalue weighted by molar-refractivity contribution is -0.111. The van der Waals surface area contributed by atoms with Crippen molar-refractivity contribution in [2.45, 2.75) is 6.61 Å². The third-order valence-corrected chi connectivity index (χ3v) is 4.63. The monoisotopic (exact) mass is 438 g/mol. The Bertz CT molecular complexity index is 918. The first-order chi connectivity index (χ1) is 14.5. The Kier molecular flexibility index (Phi) is 7.48. The number of alkyl halides is 2. The van der Waals surface area contributed by atoms with E-state index in [-0.39, 0.29) is 17.4 Å². The van der Waals surface area contributed by atoms with E-state index < -0.39 is 6.61 Å². The van der Waals surface area contributed by atoms with Crippen LogP contribution in [0.2, 0.25) is 5.02 Å². The number of nitrogens with zero attached hydrogens (tertiary/aromatic N) is 1. The molecule has 0 radical (unpaired) electrons. The van der Waals surface area contributed by atoms with Gasteiger partial charge in [0.25, 0.3) is 0 Å². The summed E-state index contributed by atoms with van der Waals surface area (Å²) in [6, 6.07) is 9.73. The zero-order chi connectivity index (χ0) is 21.5. The maximum atomic E-state index is 12.5. The van der Waals surface area contributed by atoms with Gasteiger partial charge in [0.15, 0.2) is 11.5 Å². The van der Waals surface area contributed by atoms with Gasteiger partial charge in [0.05, 0.1) is 31.7 Å². The normalized spacial score (nSPS) is 14.2. The van der Waals surface area contributed by atoms with Gasteiger partial charge in [0, 0.05) is 24.2 Å². The summed E-state index contributed by atoms with van der Waals surface area (Å²) in [4.78, 5) is 14.6. The van der Waals surface area contributed by atoms with Gasteiger partial charge in [-0.15, -0.1) is 0 Å². The van der Waals surface area contributed by atoms with E-state index in [9.17, 15) is 13.6 Å². The molecule has 1 fully saturated rings. The highest BCUT2D eigenvalue weighted by atomic mass is 35.5. The Morgan fingerprint density at radius 3 is 2.67 bits per heavy atom. The van der Waals surface area contributed by atoms with Crippen LogP contribution < -0.4 is 19.7 Å². The highest BCUT2D eigenvalue weighted by Crippen LogP contribution is 2.31. The second-order valence-electron chi connectivity index (χ2n) is 6.37. The molecular formula is C21H21ClF2N2O4. The number of anilines is 2. The van der Waals surface area contributed by atoms with Gasteiger partial charge in [-0.1, -0.05) is 17.7 Å². The third-order valence-electron chi connectivity index (χ3n) is 4.40. The minimum Gasteiger partial charge on any atom is -0.493 e. The van der Waals surface area contributed by atoms with Crippen molar-refractivity contribution in [3.8, 4) is 11.5 Å². The van der Waals surface area contributed by atoms with Crippen LogP contribution in [0.4, 0.5) is 20.2 Å². The van der Waals surface area contributed by atoms with Gasteiger partial charge in [-0.25, -0.2) is 0 Å². The van der Waals surface area contributed by atoms with Crippen LogP contribution in [0.3, 0.4) is 0 Å². The SMILES string of the molecule is COc1cc(/C=C/C(=O)Nc2cc(Cl)ccc2N2CCOCC2)ccc1OC(F)F. The first-order valence-corrected chi connectivity index (χ1v) is 9.58. The van der Waals surface area contributed by atoms with Crippen molar-refractivity contribution in [3.05, 3.63) is 53.1 Å². The number of carbonyl (C=O) groups excluding carboxylic acids is 1. The summed E-state index contributed by atoms with van der Waals surface area (Å²) in [5.41, 5.74) is 2.04. The Labute approximate surface area is 178 Å². The summed E-state index contributed by atoms with van der Waals surface area (Å²) in [6.45, 7) is -0.295. The fraction of sp³-hybridized carbons (Fsp3) is 0.286. The van der Waals surface area contributed by atoms with E-state index in [1.165, 1.54) is 25.3 Å². The molecule has 1 aliphatic heterocycles. The Balaban J connectivity index is 1.72. The van der Waals surface area contributed by atoms with Gasteiger partial charge in [-0.05, 0) is 42.0 Å². The van der Waals surface area contributed by atoms with Gasteiger partial charge in [0.1, 0.15) is 0 Å². The molecule has 3 rings (SSSR count). The number of benzene rings is 2. The van der Waals surface area contributed by atoms with E-state index >= 15 is 0 Å². The molecule has 6 nitrogen and oxygen atoms in total. The quantitative estimate of drug-likeness (QED) is 0.648. The van der Waals surface area contributed by atoms with Gasteiger partial charge < -0.3 is 24.4 Å². The molecule has 0 bridgehead atoms. The Hall–Kier alpha value is -2.84. The number of methoxy groups -OCH3 is 1. The Morgan fingerprint density at radius 1 is 1.20 bits per heavy atom. The number of halogens is 3. The van der Waals surface area contributed by atoms with E-state index in [2.05, 4.69) is 15.0 Å². The average molecular weight is 439 g/mol. The summed E-state index contributed by atoms with van der Waals surface area (Å²) >= 11 is 6.10. The van der Waals surface area contributed by atoms with Gasteiger partial charge >= 0.3 is 6.61 Å². The van der Waals surface area contributed by atoms with Gasteiger partial charge in [0.2, 0.25) is 5.91 Å². The molecular weight excluding hydrogens is 418 g/mol. The maximum Gasteiger partial charge on any atom is 0.387 e. The molecule has 9 heteroatoms. The smallest absolute Gasteiger partial charge is 0.387 e. The Morgan fingerprint density at radius 2 is 1.97 bits per heavy atom. The number of nitrogens with one attached hydrogen (secondary N) is 1. The molecule has 2 aromatic rings. The van der Waals surface area contributed by atoms with E-state index in [1.54, 1.807) is 24.3 Å². The minimum absolute atomic E-state index is 0.0804. The molecule has 0 saturated carbocycles. The first kappa shape index (κ1) is 21.9. The van der Waals surface area contributed by atoms with E-state index in [0.717, 1.165) is 5.69 Å². The summed E-state index contributed by atoms with van der Waals surface area (Å²) < 4.78 is 39.7.